The topological polar surface area (TPSA) is 32.3 Å². The Kier molecular flexibility index (Phi) is 3.79. The van der Waals surface area contributed by atoms with Gasteiger partial charge in [-0.1, -0.05) is 6.07 Å². The molecule has 98 valence electrons. The first kappa shape index (κ1) is 12.8. The monoisotopic (exact) mass is 254 g/mol. The standard InChI is InChI=1S/C13H16F2N2O/c1-9(11-5-4-10(14)8-12(11)15)16-13(18)17-6-2-3-7-17/h4-5,8-9H,2-3,6-7H2,1H3,(H,16,18). The van der Waals surface area contributed by atoms with Gasteiger partial charge in [0.1, 0.15) is 11.6 Å². The minimum absolute atomic E-state index is 0.191. The highest BCUT2D eigenvalue weighted by Crippen LogP contribution is 2.18. The molecule has 1 atom stereocenters. The third kappa shape index (κ3) is 2.78. The average Bonchev–Trinajstić information content (AvgIpc) is 2.81. The van der Waals surface area contributed by atoms with Gasteiger partial charge in [0.15, 0.2) is 0 Å². The maximum Gasteiger partial charge on any atom is 0.317 e. The molecule has 2 rings (SSSR count). The van der Waals surface area contributed by atoms with Crippen LogP contribution < -0.4 is 5.32 Å². The van der Waals surface area contributed by atoms with Crippen molar-refractivity contribution in [2.45, 2.75) is 25.8 Å². The second-order valence-corrected chi connectivity index (χ2v) is 4.53. The zero-order valence-electron chi connectivity index (χ0n) is 10.2. The Labute approximate surface area is 105 Å². The molecule has 2 amide bonds. The Bertz CT molecular complexity index is 445. The van der Waals surface area contributed by atoms with Crippen molar-refractivity contribution < 1.29 is 13.6 Å². The summed E-state index contributed by atoms with van der Waals surface area (Å²) < 4.78 is 26.3. The van der Waals surface area contributed by atoms with Crippen LogP contribution in [0.4, 0.5) is 13.6 Å². The Morgan fingerprint density at radius 1 is 1.33 bits per heavy atom. The van der Waals surface area contributed by atoms with Crippen LogP contribution in [0.15, 0.2) is 18.2 Å². The fraction of sp³-hybridized carbons (Fsp3) is 0.462. The number of hydrogen-bond donors (Lipinski definition) is 1. The second-order valence-electron chi connectivity index (χ2n) is 4.53. The number of halogens is 2. The highest BCUT2D eigenvalue weighted by molar-refractivity contribution is 5.74. The summed E-state index contributed by atoms with van der Waals surface area (Å²) in [6, 6.07) is 2.71. The van der Waals surface area contributed by atoms with Crippen LogP contribution in [-0.2, 0) is 0 Å². The first-order chi connectivity index (χ1) is 8.58. The number of hydrogen-bond acceptors (Lipinski definition) is 1. The van der Waals surface area contributed by atoms with E-state index in [0.717, 1.165) is 32.0 Å². The average molecular weight is 254 g/mol. The van der Waals surface area contributed by atoms with Gasteiger partial charge in [0.05, 0.1) is 6.04 Å². The van der Waals surface area contributed by atoms with Crippen LogP contribution >= 0.6 is 0 Å². The van der Waals surface area contributed by atoms with Crippen LogP contribution in [0, 0.1) is 11.6 Å². The summed E-state index contributed by atoms with van der Waals surface area (Å²) in [5.41, 5.74) is 0.295. The molecule has 1 fully saturated rings. The molecule has 0 saturated carbocycles. The van der Waals surface area contributed by atoms with Gasteiger partial charge in [-0.25, -0.2) is 13.6 Å². The van der Waals surface area contributed by atoms with Crippen molar-refractivity contribution in [3.05, 3.63) is 35.4 Å². The molecule has 1 N–H and O–H groups in total. The molecular weight excluding hydrogens is 238 g/mol. The molecule has 5 heteroatoms. The zero-order valence-corrected chi connectivity index (χ0v) is 10.2. The summed E-state index contributed by atoms with van der Waals surface area (Å²) in [4.78, 5) is 13.5. The summed E-state index contributed by atoms with van der Waals surface area (Å²) in [5.74, 6) is -1.25. The molecule has 1 aromatic rings. The van der Waals surface area contributed by atoms with Crippen molar-refractivity contribution in [2.75, 3.05) is 13.1 Å². The van der Waals surface area contributed by atoms with E-state index in [0.29, 0.717) is 5.56 Å². The van der Waals surface area contributed by atoms with Gasteiger partial charge in [-0.3, -0.25) is 0 Å². The Morgan fingerprint density at radius 3 is 2.61 bits per heavy atom. The van der Waals surface area contributed by atoms with Gasteiger partial charge in [-0.15, -0.1) is 0 Å². The minimum Gasteiger partial charge on any atom is -0.331 e. The lowest BCUT2D eigenvalue weighted by Crippen LogP contribution is -2.39. The van der Waals surface area contributed by atoms with Gasteiger partial charge in [-0.2, -0.15) is 0 Å². The number of amides is 2. The lowest BCUT2D eigenvalue weighted by Gasteiger charge is -2.21. The zero-order chi connectivity index (χ0) is 13.1. The van der Waals surface area contributed by atoms with Gasteiger partial charge in [-0.05, 0) is 25.8 Å². The molecule has 0 spiro atoms. The molecule has 1 aliphatic rings. The SMILES string of the molecule is CC(NC(=O)N1CCCC1)c1ccc(F)cc1F. The van der Waals surface area contributed by atoms with E-state index in [1.165, 1.54) is 12.1 Å². The van der Waals surface area contributed by atoms with Crippen LogP contribution in [0.25, 0.3) is 0 Å². The predicted octanol–water partition coefficient (Wildman–Crippen LogP) is 2.83. The van der Waals surface area contributed by atoms with Crippen molar-refractivity contribution in [3.8, 4) is 0 Å². The molecule has 1 aliphatic heterocycles. The van der Waals surface area contributed by atoms with E-state index >= 15 is 0 Å². The molecule has 18 heavy (non-hydrogen) atoms. The minimum atomic E-state index is -0.635. The quantitative estimate of drug-likeness (QED) is 0.864. The van der Waals surface area contributed by atoms with Crippen LogP contribution in [0.3, 0.4) is 0 Å². The van der Waals surface area contributed by atoms with Crippen LogP contribution in [0.1, 0.15) is 31.4 Å². The molecule has 1 heterocycles. The maximum atomic E-state index is 13.5. The summed E-state index contributed by atoms with van der Waals surface area (Å²) in [6.07, 6.45) is 2.01. The van der Waals surface area contributed by atoms with E-state index in [2.05, 4.69) is 5.32 Å². The first-order valence-corrected chi connectivity index (χ1v) is 6.08. The normalized spacial score (nSPS) is 16.7. The molecule has 0 bridgehead atoms. The highest BCUT2D eigenvalue weighted by Gasteiger charge is 2.21. The summed E-state index contributed by atoms with van der Waals surface area (Å²) in [5, 5.41) is 2.72. The summed E-state index contributed by atoms with van der Waals surface area (Å²) in [6.45, 7) is 3.17. The van der Waals surface area contributed by atoms with Crippen LogP contribution in [0.5, 0.6) is 0 Å². The van der Waals surface area contributed by atoms with Crippen molar-refractivity contribution in [2.24, 2.45) is 0 Å². The number of benzene rings is 1. The molecule has 1 aromatic carbocycles. The highest BCUT2D eigenvalue weighted by atomic mass is 19.1. The van der Waals surface area contributed by atoms with Gasteiger partial charge < -0.3 is 10.2 Å². The van der Waals surface area contributed by atoms with E-state index in [9.17, 15) is 13.6 Å². The van der Waals surface area contributed by atoms with Crippen LogP contribution in [0.2, 0.25) is 0 Å². The van der Waals surface area contributed by atoms with Crippen molar-refractivity contribution in [3.63, 3.8) is 0 Å². The number of rotatable bonds is 2. The van der Waals surface area contributed by atoms with Crippen molar-refractivity contribution in [1.29, 1.82) is 0 Å². The van der Waals surface area contributed by atoms with E-state index in [-0.39, 0.29) is 6.03 Å². The lowest BCUT2D eigenvalue weighted by atomic mass is 10.1. The Balaban J connectivity index is 2.02. The number of nitrogens with one attached hydrogen (secondary N) is 1. The number of nitrogens with zero attached hydrogens (tertiary/aromatic N) is 1. The summed E-state index contributed by atoms with van der Waals surface area (Å²) in [7, 11) is 0. The molecule has 3 nitrogen and oxygen atoms in total. The largest absolute Gasteiger partial charge is 0.331 e. The van der Waals surface area contributed by atoms with Crippen molar-refractivity contribution in [1.82, 2.24) is 10.2 Å². The number of carbonyl (C=O) groups excluding carboxylic acids is 1. The predicted molar refractivity (Wildman–Crippen MR) is 64.1 cm³/mol. The Morgan fingerprint density at radius 2 is 2.00 bits per heavy atom. The third-order valence-corrected chi connectivity index (χ3v) is 3.16. The first-order valence-electron chi connectivity index (χ1n) is 6.08. The van der Waals surface area contributed by atoms with Crippen molar-refractivity contribution >= 4 is 6.03 Å². The molecule has 0 aromatic heterocycles. The van der Waals surface area contributed by atoms with Gasteiger partial charge >= 0.3 is 6.03 Å². The van der Waals surface area contributed by atoms with E-state index in [1.807, 2.05) is 0 Å². The fourth-order valence-electron chi connectivity index (χ4n) is 2.13. The number of carbonyl (C=O) groups is 1. The number of urea groups is 1. The molecular formula is C13H16F2N2O. The van der Waals surface area contributed by atoms with Crippen LogP contribution in [-0.4, -0.2) is 24.0 Å². The van der Waals surface area contributed by atoms with Gasteiger partial charge in [0.2, 0.25) is 0 Å². The Hall–Kier alpha value is -1.65. The van der Waals surface area contributed by atoms with E-state index in [4.69, 9.17) is 0 Å². The molecule has 0 aliphatic carbocycles. The van der Waals surface area contributed by atoms with Gasteiger partial charge in [0.25, 0.3) is 0 Å². The molecule has 0 radical (unpaired) electrons. The lowest BCUT2D eigenvalue weighted by molar-refractivity contribution is 0.205. The number of likely N-dealkylation sites (tertiary alicyclic amines) is 1. The smallest absolute Gasteiger partial charge is 0.317 e. The molecule has 1 unspecified atom stereocenters. The van der Waals surface area contributed by atoms with E-state index < -0.39 is 17.7 Å². The third-order valence-electron chi connectivity index (χ3n) is 3.16. The fourth-order valence-corrected chi connectivity index (χ4v) is 2.13. The van der Waals surface area contributed by atoms with E-state index in [1.54, 1.807) is 11.8 Å². The van der Waals surface area contributed by atoms with Gasteiger partial charge in [0, 0.05) is 24.7 Å². The second kappa shape index (κ2) is 5.33. The maximum absolute atomic E-state index is 13.5. The molecule has 1 saturated heterocycles. The summed E-state index contributed by atoms with van der Waals surface area (Å²) >= 11 is 0.